The van der Waals surface area contributed by atoms with Gasteiger partial charge in [0.05, 0.1) is 16.6 Å². The van der Waals surface area contributed by atoms with Crippen LogP contribution in [0.1, 0.15) is 25.8 Å². The van der Waals surface area contributed by atoms with Gasteiger partial charge in [-0.3, -0.25) is 4.79 Å². The quantitative estimate of drug-likeness (QED) is 0.591. The van der Waals surface area contributed by atoms with Crippen molar-refractivity contribution in [3.05, 3.63) is 60.4 Å². The van der Waals surface area contributed by atoms with Gasteiger partial charge >= 0.3 is 0 Å². The lowest BCUT2D eigenvalue weighted by molar-refractivity contribution is -0.120. The summed E-state index contributed by atoms with van der Waals surface area (Å²) in [5.41, 5.74) is 1.74. The van der Waals surface area contributed by atoms with E-state index < -0.39 is 15.1 Å². The van der Waals surface area contributed by atoms with Crippen molar-refractivity contribution in [2.75, 3.05) is 6.54 Å². The van der Waals surface area contributed by atoms with E-state index in [0.717, 1.165) is 29.6 Å². The van der Waals surface area contributed by atoms with E-state index in [0.29, 0.717) is 11.4 Å². The number of aryl methyl sites for hydroxylation is 1. The molecular weight excluding hydrogens is 374 g/mol. The van der Waals surface area contributed by atoms with Crippen LogP contribution in [-0.4, -0.2) is 35.7 Å². The van der Waals surface area contributed by atoms with Crippen molar-refractivity contribution >= 4 is 26.8 Å². The Kier molecular flexibility index (Phi) is 6.14. The van der Waals surface area contributed by atoms with Gasteiger partial charge in [-0.2, -0.15) is 0 Å². The second-order valence-electron chi connectivity index (χ2n) is 7.04. The van der Waals surface area contributed by atoms with Crippen molar-refractivity contribution in [2.24, 2.45) is 0 Å². The number of hydrogen-bond donors (Lipinski definition) is 1. The number of carbonyl (C=O) groups excluding carboxylic acids is 1. The zero-order chi connectivity index (χ0) is 20.1. The van der Waals surface area contributed by atoms with Gasteiger partial charge in [0, 0.05) is 30.9 Å². The highest BCUT2D eigenvalue weighted by Gasteiger charge is 2.18. The minimum absolute atomic E-state index is 0.0741. The predicted molar refractivity (Wildman–Crippen MR) is 110 cm³/mol. The van der Waals surface area contributed by atoms with Gasteiger partial charge in [-0.1, -0.05) is 12.1 Å². The molecule has 0 aliphatic heterocycles. The number of aromatic nitrogens is 2. The third kappa shape index (κ3) is 4.59. The van der Waals surface area contributed by atoms with Crippen molar-refractivity contribution in [2.45, 2.75) is 43.4 Å². The van der Waals surface area contributed by atoms with Gasteiger partial charge in [0.15, 0.2) is 9.84 Å². The number of fused-ring (bicyclic) bond motifs is 1. The van der Waals surface area contributed by atoms with Crippen LogP contribution in [0.4, 0.5) is 0 Å². The number of pyridine rings is 1. The molecule has 0 saturated carbocycles. The fourth-order valence-corrected chi connectivity index (χ4v) is 4.05. The summed E-state index contributed by atoms with van der Waals surface area (Å²) in [7, 11) is -3.28. The van der Waals surface area contributed by atoms with Crippen molar-refractivity contribution in [1.82, 2.24) is 14.9 Å². The normalized spacial score (nSPS) is 11.8. The Morgan fingerprint density at radius 1 is 1.14 bits per heavy atom. The minimum atomic E-state index is -3.28. The van der Waals surface area contributed by atoms with Crippen LogP contribution >= 0.6 is 0 Å². The molecule has 3 aromatic rings. The molecule has 0 fully saturated rings. The molecule has 2 heterocycles. The van der Waals surface area contributed by atoms with Crippen molar-refractivity contribution in [3.63, 3.8) is 0 Å². The second-order valence-corrected chi connectivity index (χ2v) is 9.55. The molecule has 6 nitrogen and oxygen atoms in total. The first kappa shape index (κ1) is 20.1. The molecule has 0 spiro atoms. The summed E-state index contributed by atoms with van der Waals surface area (Å²) in [6.07, 6.45) is 4.82. The number of benzene rings is 1. The highest BCUT2D eigenvalue weighted by Crippen LogP contribution is 2.17. The highest BCUT2D eigenvalue weighted by atomic mass is 32.2. The summed E-state index contributed by atoms with van der Waals surface area (Å²) in [5, 5.41) is 3.56. The number of rotatable bonds is 8. The molecule has 0 aliphatic rings. The lowest BCUT2D eigenvalue weighted by atomic mass is 10.1. The van der Waals surface area contributed by atoms with Gasteiger partial charge in [-0.05, 0) is 56.2 Å². The molecule has 0 saturated heterocycles. The molecule has 1 aromatic carbocycles. The number of carbonyl (C=O) groups is 1. The summed E-state index contributed by atoms with van der Waals surface area (Å²) < 4.78 is 26.3. The average molecular weight is 400 g/mol. The SMILES string of the molecule is CC(C)S(=O)(=O)c1ccc(CC(=O)NCCCn2ccc3cccnc32)cc1. The fourth-order valence-electron chi connectivity index (χ4n) is 3.00. The lowest BCUT2D eigenvalue weighted by Gasteiger charge is -2.09. The van der Waals surface area contributed by atoms with E-state index in [1.165, 1.54) is 0 Å². The van der Waals surface area contributed by atoms with Gasteiger partial charge < -0.3 is 9.88 Å². The summed E-state index contributed by atoms with van der Waals surface area (Å²) in [6, 6.07) is 12.5. The van der Waals surface area contributed by atoms with E-state index in [1.807, 2.05) is 24.4 Å². The smallest absolute Gasteiger partial charge is 0.224 e. The first-order valence-corrected chi connectivity index (χ1v) is 10.9. The summed E-state index contributed by atoms with van der Waals surface area (Å²) in [6.45, 7) is 4.67. The van der Waals surface area contributed by atoms with E-state index in [4.69, 9.17) is 0 Å². The lowest BCUT2D eigenvalue weighted by Crippen LogP contribution is -2.26. The molecule has 1 amide bonds. The molecule has 3 rings (SSSR count). The Morgan fingerprint density at radius 3 is 2.61 bits per heavy atom. The number of nitrogens with zero attached hydrogens (tertiary/aromatic N) is 2. The summed E-state index contributed by atoms with van der Waals surface area (Å²) >= 11 is 0. The van der Waals surface area contributed by atoms with Crippen LogP contribution in [-0.2, 0) is 27.6 Å². The van der Waals surface area contributed by atoms with Crippen LogP contribution in [0.15, 0.2) is 59.8 Å². The molecule has 0 aliphatic carbocycles. The zero-order valence-corrected chi connectivity index (χ0v) is 16.9. The van der Waals surface area contributed by atoms with Crippen LogP contribution in [0.25, 0.3) is 11.0 Å². The zero-order valence-electron chi connectivity index (χ0n) is 16.1. The summed E-state index contributed by atoms with van der Waals surface area (Å²) in [5.74, 6) is -0.0741. The minimum Gasteiger partial charge on any atom is -0.356 e. The molecule has 0 radical (unpaired) electrons. The molecule has 2 aromatic heterocycles. The van der Waals surface area contributed by atoms with Gasteiger partial charge in [-0.25, -0.2) is 13.4 Å². The topological polar surface area (TPSA) is 81.1 Å². The number of amides is 1. The summed E-state index contributed by atoms with van der Waals surface area (Å²) in [4.78, 5) is 16.8. The maximum atomic E-state index is 12.1. The Bertz CT molecular complexity index is 1050. The van der Waals surface area contributed by atoms with Crippen LogP contribution in [0.5, 0.6) is 0 Å². The first-order valence-electron chi connectivity index (χ1n) is 9.37. The van der Waals surface area contributed by atoms with Crippen molar-refractivity contribution in [3.8, 4) is 0 Å². The predicted octanol–water partition coefficient (Wildman–Crippen LogP) is 2.97. The van der Waals surface area contributed by atoms with Crippen LogP contribution in [0.2, 0.25) is 0 Å². The van der Waals surface area contributed by atoms with E-state index >= 15 is 0 Å². The number of nitrogens with one attached hydrogen (secondary N) is 1. The highest BCUT2D eigenvalue weighted by molar-refractivity contribution is 7.92. The van der Waals surface area contributed by atoms with E-state index in [2.05, 4.69) is 14.9 Å². The first-order chi connectivity index (χ1) is 13.4. The van der Waals surface area contributed by atoms with Crippen LogP contribution < -0.4 is 5.32 Å². The fraction of sp³-hybridized carbons (Fsp3) is 0.333. The second kappa shape index (κ2) is 8.56. The molecule has 28 heavy (non-hydrogen) atoms. The molecule has 0 unspecified atom stereocenters. The van der Waals surface area contributed by atoms with Crippen molar-refractivity contribution in [1.29, 1.82) is 0 Å². The largest absolute Gasteiger partial charge is 0.356 e. The average Bonchev–Trinajstić information content (AvgIpc) is 3.09. The monoisotopic (exact) mass is 399 g/mol. The molecular formula is C21H25N3O3S. The van der Waals surface area contributed by atoms with E-state index in [1.54, 1.807) is 44.3 Å². The third-order valence-electron chi connectivity index (χ3n) is 4.66. The number of hydrogen-bond acceptors (Lipinski definition) is 4. The van der Waals surface area contributed by atoms with Gasteiger partial charge in [0.1, 0.15) is 5.65 Å². The van der Waals surface area contributed by atoms with Gasteiger partial charge in [0.2, 0.25) is 5.91 Å². The van der Waals surface area contributed by atoms with Crippen LogP contribution in [0, 0.1) is 0 Å². The molecule has 148 valence electrons. The third-order valence-corrected chi connectivity index (χ3v) is 6.83. The van der Waals surface area contributed by atoms with E-state index in [-0.39, 0.29) is 12.3 Å². The molecule has 0 atom stereocenters. The maximum absolute atomic E-state index is 12.1. The van der Waals surface area contributed by atoms with E-state index in [9.17, 15) is 13.2 Å². The van der Waals surface area contributed by atoms with Crippen molar-refractivity contribution < 1.29 is 13.2 Å². The Morgan fingerprint density at radius 2 is 1.89 bits per heavy atom. The molecule has 1 N–H and O–H groups in total. The molecule has 0 bridgehead atoms. The Labute approximate surface area is 165 Å². The standard InChI is InChI=1S/C21H25N3O3S/c1-16(2)28(26,27)19-8-6-17(7-9-19)15-20(25)22-12-4-13-24-14-10-18-5-3-11-23-21(18)24/h3,5-11,14,16H,4,12-13,15H2,1-2H3,(H,22,25). The van der Waals surface area contributed by atoms with Gasteiger partial charge in [0.25, 0.3) is 0 Å². The Balaban J connectivity index is 1.47. The van der Waals surface area contributed by atoms with Gasteiger partial charge in [-0.15, -0.1) is 0 Å². The molecule has 7 heteroatoms. The maximum Gasteiger partial charge on any atom is 0.224 e. The van der Waals surface area contributed by atoms with Crippen LogP contribution in [0.3, 0.4) is 0 Å². The Hall–Kier alpha value is -2.67. The number of sulfone groups is 1.